The van der Waals surface area contributed by atoms with Crippen LogP contribution < -0.4 is 38.5 Å². The first-order valence-corrected chi connectivity index (χ1v) is 18.1. The van der Waals surface area contributed by atoms with Gasteiger partial charge in [-0.25, -0.2) is 0 Å². The van der Waals surface area contributed by atoms with E-state index in [2.05, 4.69) is 21.3 Å². The number of carbonyl (C=O) groups excluding carboxylic acids is 5. The van der Waals surface area contributed by atoms with Gasteiger partial charge in [0.1, 0.15) is 23.9 Å². The van der Waals surface area contributed by atoms with E-state index in [0.29, 0.717) is 44.3 Å². The Kier molecular flexibility index (Phi) is 18.4. The highest BCUT2D eigenvalue weighted by Gasteiger charge is 2.34. The molecule has 0 unspecified atom stereocenters. The highest BCUT2D eigenvalue weighted by atomic mass is 16.4. The highest BCUT2D eigenvalue weighted by molar-refractivity contribution is 5.96. The van der Waals surface area contributed by atoms with Crippen molar-refractivity contribution in [2.45, 2.75) is 122 Å². The number of phenolic OH excluding ortho intramolecular Hbond substituents is 1. The molecule has 15 heteroatoms. The number of carboxylic acids is 1. The quantitative estimate of drug-likeness (QED) is 0.0803. The molecule has 0 spiro atoms. The number of aliphatic carboxylic acids is 1. The topological polar surface area (TPSA) is 269 Å². The number of aromatic hydroxyl groups is 1. The molecular weight excluding hydrogens is 670 g/mol. The van der Waals surface area contributed by atoms with Crippen LogP contribution in [-0.4, -0.2) is 88.9 Å². The van der Waals surface area contributed by atoms with E-state index < -0.39 is 71.5 Å². The smallest absolute Gasteiger partial charge is 0.306 e. The molecule has 52 heavy (non-hydrogen) atoms. The number of rotatable bonds is 17. The monoisotopic (exact) mass is 729 g/mol. The second kappa shape index (κ2) is 21.9. The lowest BCUT2D eigenvalue weighted by Crippen LogP contribution is -2.58. The number of nitrogens with two attached hydrogens (primary N) is 3. The number of hydrogen-bond donors (Lipinski definition) is 9. The molecule has 1 aromatic carbocycles. The number of carboxylic acid groups (broad SMARTS) is 1. The lowest BCUT2D eigenvalue weighted by Gasteiger charge is -2.28. The van der Waals surface area contributed by atoms with Crippen molar-refractivity contribution in [3.63, 3.8) is 0 Å². The number of benzene rings is 1. The lowest BCUT2D eigenvalue weighted by atomic mass is 9.81. The van der Waals surface area contributed by atoms with Crippen LogP contribution in [0.1, 0.15) is 90.5 Å². The summed E-state index contributed by atoms with van der Waals surface area (Å²) in [5, 5.41) is 30.6. The Morgan fingerprint density at radius 2 is 1.38 bits per heavy atom. The van der Waals surface area contributed by atoms with Crippen LogP contribution in [0.15, 0.2) is 36.4 Å². The average molecular weight is 730 g/mol. The van der Waals surface area contributed by atoms with Crippen molar-refractivity contribution in [3.8, 4) is 5.75 Å². The number of unbranched alkanes of at least 4 members (excludes halogenated alkanes) is 2. The van der Waals surface area contributed by atoms with Gasteiger partial charge in [-0.05, 0) is 100 Å². The van der Waals surface area contributed by atoms with E-state index in [-0.39, 0.29) is 56.1 Å². The number of nitrogens with one attached hydrogen (secondary N) is 4. The summed E-state index contributed by atoms with van der Waals surface area (Å²) < 4.78 is 0. The fourth-order valence-electron chi connectivity index (χ4n) is 5.92. The molecule has 0 bridgehead atoms. The molecule has 2 rings (SSSR count). The van der Waals surface area contributed by atoms with E-state index in [0.717, 1.165) is 0 Å². The third kappa shape index (κ3) is 15.9. The molecule has 1 heterocycles. The number of ketones is 1. The molecule has 0 radical (unpaired) electrons. The number of amides is 4. The summed E-state index contributed by atoms with van der Waals surface area (Å²) >= 11 is 0. The Morgan fingerprint density at radius 1 is 0.846 bits per heavy atom. The Labute approximate surface area is 306 Å². The Hall–Kier alpha value is -4.34. The summed E-state index contributed by atoms with van der Waals surface area (Å²) in [6.45, 7) is 6.39. The van der Waals surface area contributed by atoms with Crippen LogP contribution >= 0.6 is 0 Å². The zero-order chi connectivity index (χ0) is 38.8. The van der Waals surface area contributed by atoms with Crippen LogP contribution in [0, 0.1) is 11.3 Å². The van der Waals surface area contributed by atoms with E-state index in [9.17, 15) is 39.0 Å². The van der Waals surface area contributed by atoms with Crippen molar-refractivity contribution in [2.75, 3.05) is 13.1 Å². The van der Waals surface area contributed by atoms with Crippen molar-refractivity contribution in [2.24, 2.45) is 28.5 Å². The van der Waals surface area contributed by atoms with E-state index in [4.69, 9.17) is 17.2 Å². The van der Waals surface area contributed by atoms with Crippen LogP contribution in [-0.2, 0) is 35.2 Å². The number of carbonyl (C=O) groups is 6. The molecule has 1 aromatic rings. The van der Waals surface area contributed by atoms with Crippen molar-refractivity contribution >= 4 is 35.4 Å². The predicted molar refractivity (Wildman–Crippen MR) is 197 cm³/mol. The van der Waals surface area contributed by atoms with Gasteiger partial charge >= 0.3 is 5.97 Å². The van der Waals surface area contributed by atoms with Crippen LogP contribution in [0.25, 0.3) is 0 Å². The lowest BCUT2D eigenvalue weighted by molar-refractivity contribution is -0.145. The molecule has 1 aliphatic heterocycles. The molecule has 0 fully saturated rings. The standard InChI is InChI=1S/C37H59N7O8/c1-37(2,3)22-24(36(51)52)21-31(46)30(20-23-14-16-25(45)17-15-23)44-35(50)28-11-5-4-10-26(40)32(47)41-27(12-6-8-18-38)33(48)43-29(34(49)42-28)13-7-9-19-39/h4-5,14-17,24,26-30,45H,6-13,18-22,38-40H2,1-3H3,(H,41,47)(H,42,49)(H,43,48)(H,44,50)(H,51,52)/t24-,26-,27-,28-,29-,30-/m0/s1. The van der Waals surface area contributed by atoms with Crippen LogP contribution in [0.5, 0.6) is 5.75 Å². The summed E-state index contributed by atoms with van der Waals surface area (Å²) in [4.78, 5) is 80.1. The van der Waals surface area contributed by atoms with Gasteiger partial charge in [0.25, 0.3) is 0 Å². The third-order valence-corrected chi connectivity index (χ3v) is 8.79. The van der Waals surface area contributed by atoms with Gasteiger partial charge in [0, 0.05) is 6.42 Å². The van der Waals surface area contributed by atoms with Crippen LogP contribution in [0.2, 0.25) is 0 Å². The number of phenols is 1. The first kappa shape index (κ1) is 43.8. The Balaban J connectivity index is 2.45. The minimum absolute atomic E-state index is 0.00348. The normalized spacial score (nSPS) is 21.5. The second-order valence-electron chi connectivity index (χ2n) is 14.7. The third-order valence-electron chi connectivity index (χ3n) is 8.79. The Morgan fingerprint density at radius 3 is 1.92 bits per heavy atom. The number of hydrogen-bond acceptors (Lipinski definition) is 10. The predicted octanol–water partition coefficient (Wildman–Crippen LogP) is 0.905. The maximum atomic E-state index is 14.0. The SMILES string of the molecule is CC(C)(C)C[C@H](CC(=O)[C@H](Cc1ccc(O)cc1)NC(=O)[C@@H]1CC=CC[C@H](N)C(=O)N[C@@H](CCCCN)C(=O)N[C@@H](CCCCN)C(=O)N1)C(=O)O. The first-order chi connectivity index (χ1) is 24.5. The van der Waals surface area contributed by atoms with Gasteiger partial charge in [-0.1, -0.05) is 45.1 Å². The molecule has 1 aliphatic rings. The molecule has 290 valence electrons. The zero-order valence-electron chi connectivity index (χ0n) is 30.7. The summed E-state index contributed by atoms with van der Waals surface area (Å²) in [7, 11) is 0. The van der Waals surface area contributed by atoms with Gasteiger partial charge in [-0.15, -0.1) is 0 Å². The minimum Gasteiger partial charge on any atom is -0.508 e. The maximum Gasteiger partial charge on any atom is 0.306 e. The molecule has 0 saturated heterocycles. The van der Waals surface area contributed by atoms with Crippen molar-refractivity contribution in [3.05, 3.63) is 42.0 Å². The molecule has 6 atom stereocenters. The molecule has 12 N–H and O–H groups in total. The molecule has 0 aliphatic carbocycles. The highest BCUT2D eigenvalue weighted by Crippen LogP contribution is 2.27. The zero-order valence-corrected chi connectivity index (χ0v) is 30.7. The maximum absolute atomic E-state index is 14.0. The van der Waals surface area contributed by atoms with Crippen LogP contribution in [0.3, 0.4) is 0 Å². The molecule has 4 amide bonds. The fraction of sp³-hybridized carbons (Fsp3) is 0.622. The fourth-order valence-corrected chi connectivity index (χ4v) is 5.92. The second-order valence-corrected chi connectivity index (χ2v) is 14.7. The minimum atomic E-state index is -1.22. The summed E-state index contributed by atoms with van der Waals surface area (Å²) in [6, 6.07) is 0.637. The van der Waals surface area contributed by atoms with E-state index >= 15 is 0 Å². The van der Waals surface area contributed by atoms with Gasteiger partial charge in [0.2, 0.25) is 23.6 Å². The van der Waals surface area contributed by atoms with Crippen molar-refractivity contribution in [1.29, 1.82) is 0 Å². The van der Waals surface area contributed by atoms with E-state index in [1.807, 2.05) is 20.8 Å². The van der Waals surface area contributed by atoms with E-state index in [1.54, 1.807) is 24.3 Å². The Bertz CT molecular complexity index is 1380. The van der Waals surface area contributed by atoms with Gasteiger partial charge in [-0.2, -0.15) is 0 Å². The first-order valence-electron chi connectivity index (χ1n) is 18.1. The van der Waals surface area contributed by atoms with Crippen molar-refractivity contribution < 1.29 is 39.0 Å². The average Bonchev–Trinajstić information content (AvgIpc) is 3.07. The molecule has 0 saturated carbocycles. The van der Waals surface area contributed by atoms with Gasteiger partial charge in [-0.3, -0.25) is 28.8 Å². The summed E-state index contributed by atoms with van der Waals surface area (Å²) in [5.41, 5.74) is 17.6. The summed E-state index contributed by atoms with van der Waals surface area (Å²) in [5.74, 6) is -5.11. The molecule has 15 nitrogen and oxygen atoms in total. The molecule has 0 aromatic heterocycles. The largest absolute Gasteiger partial charge is 0.508 e. The molecular formula is C37H59N7O8. The van der Waals surface area contributed by atoms with Gasteiger partial charge < -0.3 is 48.7 Å². The summed E-state index contributed by atoms with van der Waals surface area (Å²) in [6.07, 6.45) is 5.83. The van der Waals surface area contributed by atoms with Crippen molar-refractivity contribution in [1.82, 2.24) is 21.3 Å². The van der Waals surface area contributed by atoms with Gasteiger partial charge in [0.05, 0.1) is 18.0 Å². The van der Waals surface area contributed by atoms with E-state index in [1.165, 1.54) is 12.1 Å². The number of Topliss-reactive ketones (excluding diaryl/α,β-unsaturated/α-hetero) is 1. The van der Waals surface area contributed by atoms with Gasteiger partial charge in [0.15, 0.2) is 5.78 Å². The van der Waals surface area contributed by atoms with Crippen LogP contribution in [0.4, 0.5) is 0 Å².